The Kier molecular flexibility index (Phi) is 6.91. The van der Waals surface area contributed by atoms with Crippen LogP contribution >= 0.6 is 0 Å². The molecular weight excluding hydrogens is 479 g/mol. The molecule has 2 saturated heterocycles. The van der Waals surface area contributed by atoms with E-state index in [-0.39, 0.29) is 17.5 Å². The van der Waals surface area contributed by atoms with Crippen molar-refractivity contribution < 1.29 is 18.1 Å². The number of halogens is 1. The second-order valence-corrected chi connectivity index (χ2v) is 12.7. The number of pyridine rings is 1. The van der Waals surface area contributed by atoms with E-state index in [0.717, 1.165) is 30.4 Å². The Morgan fingerprint density at radius 2 is 1.94 bits per heavy atom. The number of hydrogen-bond acceptors (Lipinski definition) is 5. The van der Waals surface area contributed by atoms with Crippen LogP contribution in [0.2, 0.25) is 0 Å². The van der Waals surface area contributed by atoms with Crippen LogP contribution in [0.1, 0.15) is 62.6 Å². The fourth-order valence-corrected chi connectivity index (χ4v) is 8.18. The smallest absolute Gasteiger partial charge is 0.259 e. The molecule has 2 fully saturated rings. The number of carbonyl (C=O) groups is 1. The van der Waals surface area contributed by atoms with E-state index in [9.17, 15) is 13.4 Å². The maximum Gasteiger partial charge on any atom is 0.259 e. The van der Waals surface area contributed by atoms with E-state index in [4.69, 9.17) is 9.88 Å². The molecule has 1 aromatic heterocycles. The van der Waals surface area contributed by atoms with Crippen molar-refractivity contribution in [2.24, 2.45) is 9.50 Å². The summed E-state index contributed by atoms with van der Waals surface area (Å²) >= 11 is 0. The standard InChI is InChI=1S/C27H35FN4O3S/c1-16(2)32-18-7-8-19(32)13-20(12-18)36(29,34)31-26(33)15-24-21-5-4-6-22(21)25(28)14-23(24)17-9-10-30-27(11-17)35-3/h9-11,14,16,18-20H,4-8,12-13,15H2,1-3H3,(H2,29,31,33,34)/t18-,19+,20?,36?. The van der Waals surface area contributed by atoms with Gasteiger partial charge in [-0.3, -0.25) is 9.69 Å². The summed E-state index contributed by atoms with van der Waals surface area (Å²) in [6, 6.07) is 6.11. The summed E-state index contributed by atoms with van der Waals surface area (Å²) < 4.78 is 37.9. The Labute approximate surface area is 212 Å². The van der Waals surface area contributed by atoms with Crippen molar-refractivity contribution in [3.63, 3.8) is 0 Å². The predicted octanol–water partition coefficient (Wildman–Crippen LogP) is 4.20. The van der Waals surface area contributed by atoms with Crippen LogP contribution in [0.5, 0.6) is 5.88 Å². The quantitative estimate of drug-likeness (QED) is 0.623. The van der Waals surface area contributed by atoms with E-state index in [2.05, 4.69) is 28.1 Å². The van der Waals surface area contributed by atoms with Crippen LogP contribution in [-0.2, 0) is 34.0 Å². The molecule has 1 amide bonds. The number of amides is 1. The first-order valence-electron chi connectivity index (χ1n) is 12.9. The van der Waals surface area contributed by atoms with Crippen molar-refractivity contribution in [2.75, 3.05) is 7.11 Å². The summed E-state index contributed by atoms with van der Waals surface area (Å²) in [5, 5.41) is 5.99. The highest BCUT2D eigenvalue weighted by Crippen LogP contribution is 2.40. The SMILES string of the molecule is COc1cc(-c2cc(F)c3c(c2CC(=O)N=S(N)(=O)C2C[C@H]4CC[C@@H](C2)N4C(C)C)CCC3)ccn1. The summed E-state index contributed by atoms with van der Waals surface area (Å²) in [7, 11) is -1.67. The lowest BCUT2D eigenvalue weighted by Gasteiger charge is -2.41. The van der Waals surface area contributed by atoms with Crippen molar-refractivity contribution >= 4 is 15.8 Å². The third-order valence-electron chi connectivity index (χ3n) is 8.11. The molecule has 3 heterocycles. The summed E-state index contributed by atoms with van der Waals surface area (Å²) in [6.07, 6.45) is 7.26. The number of aromatic nitrogens is 1. The number of nitrogens with zero attached hydrogens (tertiary/aromatic N) is 3. The fraction of sp³-hybridized carbons (Fsp3) is 0.556. The average Bonchev–Trinajstić information content (AvgIpc) is 3.43. The molecule has 3 aliphatic rings. The third-order valence-corrected chi connectivity index (χ3v) is 9.94. The van der Waals surface area contributed by atoms with Crippen LogP contribution in [0.4, 0.5) is 4.39 Å². The number of rotatable bonds is 6. The maximum atomic E-state index is 15.0. The fourth-order valence-electron chi connectivity index (χ4n) is 6.65. The molecule has 0 radical (unpaired) electrons. The van der Waals surface area contributed by atoms with E-state index < -0.39 is 15.8 Å². The molecule has 4 atom stereocenters. The van der Waals surface area contributed by atoms with Gasteiger partial charge in [0.1, 0.15) is 15.7 Å². The van der Waals surface area contributed by atoms with Crippen molar-refractivity contribution in [2.45, 2.75) is 88.6 Å². The van der Waals surface area contributed by atoms with Crippen LogP contribution in [-0.4, -0.2) is 50.5 Å². The monoisotopic (exact) mass is 514 g/mol. The molecule has 2 unspecified atom stereocenters. The number of nitrogens with two attached hydrogens (primary N) is 1. The van der Waals surface area contributed by atoms with Crippen LogP contribution in [0, 0.1) is 5.82 Å². The number of methoxy groups -OCH3 is 1. The van der Waals surface area contributed by atoms with Gasteiger partial charge in [-0.25, -0.2) is 18.7 Å². The van der Waals surface area contributed by atoms with E-state index in [1.165, 1.54) is 13.2 Å². The lowest BCUT2D eigenvalue weighted by Crippen LogP contribution is -2.50. The average molecular weight is 515 g/mol. The highest BCUT2D eigenvalue weighted by Gasteiger charge is 2.44. The topological polar surface area (TPSA) is 97.9 Å². The molecule has 194 valence electrons. The molecule has 2 N–H and O–H groups in total. The molecule has 9 heteroatoms. The van der Waals surface area contributed by atoms with Crippen LogP contribution in [0.25, 0.3) is 11.1 Å². The minimum atomic E-state index is -3.19. The zero-order valence-corrected chi connectivity index (χ0v) is 22.0. The van der Waals surface area contributed by atoms with Crippen molar-refractivity contribution in [1.82, 2.24) is 9.88 Å². The van der Waals surface area contributed by atoms with Crippen LogP contribution in [0.3, 0.4) is 0 Å². The van der Waals surface area contributed by atoms with Gasteiger partial charge in [0, 0.05) is 30.4 Å². The number of fused-ring (bicyclic) bond motifs is 3. The largest absolute Gasteiger partial charge is 0.481 e. The first kappa shape index (κ1) is 25.3. The van der Waals surface area contributed by atoms with Gasteiger partial charge in [-0.1, -0.05) is 0 Å². The molecule has 0 saturated carbocycles. The number of piperidine rings is 1. The van der Waals surface area contributed by atoms with Gasteiger partial charge in [0.25, 0.3) is 5.91 Å². The van der Waals surface area contributed by atoms with Gasteiger partial charge < -0.3 is 4.74 Å². The van der Waals surface area contributed by atoms with E-state index in [0.29, 0.717) is 66.4 Å². The molecule has 5 rings (SSSR count). The first-order valence-corrected chi connectivity index (χ1v) is 14.5. The van der Waals surface area contributed by atoms with Crippen LogP contribution in [0.15, 0.2) is 28.8 Å². The Morgan fingerprint density at radius 1 is 1.25 bits per heavy atom. The summed E-state index contributed by atoms with van der Waals surface area (Å²) in [4.78, 5) is 19.9. The van der Waals surface area contributed by atoms with Crippen molar-refractivity contribution in [3.05, 3.63) is 46.9 Å². The normalized spacial score (nSPS) is 25.0. The molecule has 0 spiro atoms. The zero-order valence-electron chi connectivity index (χ0n) is 21.2. The number of carbonyl (C=O) groups excluding carboxylic acids is 1. The van der Waals surface area contributed by atoms with E-state index >= 15 is 0 Å². The van der Waals surface area contributed by atoms with Gasteiger partial charge in [-0.05, 0) is 98.7 Å². The van der Waals surface area contributed by atoms with Crippen LogP contribution < -0.4 is 9.88 Å². The molecule has 2 aliphatic heterocycles. The Balaban J connectivity index is 1.46. The minimum Gasteiger partial charge on any atom is -0.481 e. The molecule has 1 aromatic carbocycles. The number of ether oxygens (including phenoxy) is 1. The van der Waals surface area contributed by atoms with E-state index in [1.807, 2.05) is 0 Å². The Bertz CT molecular complexity index is 1290. The predicted molar refractivity (Wildman–Crippen MR) is 138 cm³/mol. The summed E-state index contributed by atoms with van der Waals surface area (Å²) in [6.45, 7) is 4.38. The van der Waals surface area contributed by atoms with Gasteiger partial charge >= 0.3 is 0 Å². The van der Waals surface area contributed by atoms with Crippen molar-refractivity contribution in [1.29, 1.82) is 0 Å². The second-order valence-electron chi connectivity index (χ2n) is 10.6. The molecule has 2 bridgehead atoms. The third kappa shape index (κ3) is 4.68. The minimum absolute atomic E-state index is 0.0610. The van der Waals surface area contributed by atoms with E-state index in [1.54, 1.807) is 18.3 Å². The van der Waals surface area contributed by atoms with Crippen molar-refractivity contribution in [3.8, 4) is 17.0 Å². The summed E-state index contributed by atoms with van der Waals surface area (Å²) in [5.74, 6) is -0.372. The van der Waals surface area contributed by atoms with Gasteiger partial charge in [-0.2, -0.15) is 0 Å². The van der Waals surface area contributed by atoms with Gasteiger partial charge in [0.05, 0.1) is 18.8 Å². The first-order chi connectivity index (χ1) is 17.2. The van der Waals surface area contributed by atoms with Gasteiger partial charge in [0.15, 0.2) is 0 Å². The maximum absolute atomic E-state index is 15.0. The van der Waals surface area contributed by atoms with Gasteiger partial charge in [0.2, 0.25) is 5.88 Å². The molecule has 2 aromatic rings. The lowest BCUT2D eigenvalue weighted by molar-refractivity contribution is -0.117. The molecule has 1 aliphatic carbocycles. The zero-order chi connectivity index (χ0) is 25.6. The van der Waals surface area contributed by atoms with Gasteiger partial charge in [-0.15, -0.1) is 4.36 Å². The Hall–Kier alpha value is -2.36. The second kappa shape index (κ2) is 9.84. The number of hydrogen-bond donors (Lipinski definition) is 1. The highest BCUT2D eigenvalue weighted by atomic mass is 32.2. The highest BCUT2D eigenvalue weighted by molar-refractivity contribution is 7.92. The number of benzene rings is 1. The Morgan fingerprint density at radius 3 is 2.61 bits per heavy atom. The molecule has 36 heavy (non-hydrogen) atoms. The molecule has 7 nitrogen and oxygen atoms in total. The lowest BCUT2D eigenvalue weighted by atomic mass is 9.91. The molecular formula is C27H35FN4O3S. The summed E-state index contributed by atoms with van der Waals surface area (Å²) in [5.41, 5.74) is 3.58.